The summed E-state index contributed by atoms with van der Waals surface area (Å²) < 4.78 is 6.78. The summed E-state index contributed by atoms with van der Waals surface area (Å²) in [6, 6.07) is 24.9. The lowest BCUT2D eigenvalue weighted by Crippen LogP contribution is -2.53. The zero-order chi connectivity index (χ0) is 25.3. The van der Waals surface area contributed by atoms with Crippen molar-refractivity contribution in [2.24, 2.45) is 0 Å². The van der Waals surface area contributed by atoms with Crippen molar-refractivity contribution in [3.05, 3.63) is 100 Å². The Labute approximate surface area is 222 Å². The minimum absolute atomic E-state index is 0.107. The number of benzene rings is 3. The second kappa shape index (κ2) is 12.7. The smallest absolute Gasteiger partial charge is 0.261 e. The molecule has 0 aliphatic heterocycles. The van der Waals surface area contributed by atoms with Crippen LogP contribution in [-0.2, 0) is 22.6 Å². The van der Waals surface area contributed by atoms with Gasteiger partial charge in [0.15, 0.2) is 6.61 Å². The van der Waals surface area contributed by atoms with Crippen LogP contribution in [0.1, 0.15) is 42.4 Å². The third kappa shape index (κ3) is 7.44. The fourth-order valence-corrected chi connectivity index (χ4v) is 5.06. The predicted octanol–water partition coefficient (Wildman–Crippen LogP) is 5.84. The monoisotopic (exact) mass is 548 g/mol. The normalized spacial score (nSPS) is 14.3. The topological polar surface area (TPSA) is 58.6 Å². The zero-order valence-corrected chi connectivity index (χ0v) is 22.2. The van der Waals surface area contributed by atoms with E-state index in [1.807, 2.05) is 85.8 Å². The molecule has 0 spiro atoms. The van der Waals surface area contributed by atoms with Crippen LogP contribution in [0.25, 0.3) is 0 Å². The fourth-order valence-electron chi connectivity index (χ4n) is 4.62. The van der Waals surface area contributed by atoms with Crippen molar-refractivity contribution in [2.75, 3.05) is 6.61 Å². The molecule has 1 N–H and O–H groups in total. The van der Waals surface area contributed by atoms with Gasteiger partial charge >= 0.3 is 0 Å². The van der Waals surface area contributed by atoms with E-state index in [9.17, 15) is 9.59 Å². The maximum Gasteiger partial charge on any atom is 0.261 e. The van der Waals surface area contributed by atoms with Crippen molar-refractivity contribution in [2.45, 2.75) is 57.7 Å². The number of hydrogen-bond acceptors (Lipinski definition) is 3. The second-order valence-electron chi connectivity index (χ2n) is 9.45. The molecule has 36 heavy (non-hydrogen) atoms. The third-order valence-corrected chi connectivity index (χ3v) is 7.09. The molecule has 1 saturated carbocycles. The molecule has 1 fully saturated rings. The van der Waals surface area contributed by atoms with E-state index < -0.39 is 6.04 Å². The van der Waals surface area contributed by atoms with Gasteiger partial charge in [0.05, 0.1) is 0 Å². The zero-order valence-electron chi connectivity index (χ0n) is 20.7. The number of nitrogens with zero attached hydrogens (tertiary/aromatic N) is 1. The van der Waals surface area contributed by atoms with Gasteiger partial charge in [-0.1, -0.05) is 88.9 Å². The molecule has 4 rings (SSSR count). The maximum absolute atomic E-state index is 13.7. The Morgan fingerprint density at radius 1 is 0.972 bits per heavy atom. The van der Waals surface area contributed by atoms with Crippen molar-refractivity contribution in [1.82, 2.24) is 10.2 Å². The fraction of sp³-hybridized carbons (Fsp3) is 0.333. The van der Waals surface area contributed by atoms with Gasteiger partial charge in [-0.15, -0.1) is 0 Å². The van der Waals surface area contributed by atoms with Gasteiger partial charge in [-0.25, -0.2) is 0 Å². The molecule has 0 bridgehead atoms. The van der Waals surface area contributed by atoms with Crippen LogP contribution in [0, 0.1) is 6.92 Å². The molecule has 1 aliphatic carbocycles. The summed E-state index contributed by atoms with van der Waals surface area (Å²) in [5, 5.41) is 3.23. The van der Waals surface area contributed by atoms with Crippen molar-refractivity contribution in [3.8, 4) is 5.75 Å². The van der Waals surface area contributed by atoms with E-state index in [1.54, 1.807) is 4.90 Å². The first-order valence-electron chi connectivity index (χ1n) is 12.6. The van der Waals surface area contributed by atoms with Gasteiger partial charge in [-0.3, -0.25) is 9.59 Å². The molecule has 0 heterocycles. The van der Waals surface area contributed by atoms with Gasteiger partial charge < -0.3 is 15.0 Å². The molecule has 0 unspecified atom stereocenters. The van der Waals surface area contributed by atoms with Crippen LogP contribution in [0.2, 0.25) is 0 Å². The first kappa shape index (κ1) is 26.0. The van der Waals surface area contributed by atoms with E-state index in [-0.39, 0.29) is 24.5 Å². The molecule has 1 aliphatic rings. The van der Waals surface area contributed by atoms with E-state index in [2.05, 4.69) is 21.2 Å². The molecule has 0 aromatic heterocycles. The van der Waals surface area contributed by atoms with Gasteiger partial charge in [-0.2, -0.15) is 0 Å². The first-order valence-corrected chi connectivity index (χ1v) is 13.3. The van der Waals surface area contributed by atoms with E-state index in [4.69, 9.17) is 4.74 Å². The largest absolute Gasteiger partial charge is 0.484 e. The number of hydrogen-bond donors (Lipinski definition) is 1. The first-order chi connectivity index (χ1) is 17.5. The van der Waals surface area contributed by atoms with Crippen LogP contribution in [-0.4, -0.2) is 35.4 Å². The minimum atomic E-state index is -0.652. The Kier molecular flexibility index (Phi) is 9.17. The lowest BCUT2D eigenvalue weighted by molar-refractivity contribution is -0.143. The number of halogens is 1. The highest BCUT2D eigenvalue weighted by molar-refractivity contribution is 9.10. The Morgan fingerprint density at radius 3 is 2.36 bits per heavy atom. The number of carbonyl (C=O) groups excluding carboxylic acids is 2. The molecular formula is C30H33BrN2O3. The highest BCUT2D eigenvalue weighted by Crippen LogP contribution is 2.21. The highest BCUT2D eigenvalue weighted by Gasteiger charge is 2.32. The molecule has 0 saturated heterocycles. The quantitative estimate of drug-likeness (QED) is 0.346. The minimum Gasteiger partial charge on any atom is -0.484 e. The summed E-state index contributed by atoms with van der Waals surface area (Å²) in [6.07, 6.45) is 4.66. The summed E-state index contributed by atoms with van der Waals surface area (Å²) >= 11 is 3.53. The Bertz CT molecular complexity index is 1140. The summed E-state index contributed by atoms with van der Waals surface area (Å²) in [5.74, 6) is 0.300. The molecule has 6 heteroatoms. The van der Waals surface area contributed by atoms with E-state index in [0.717, 1.165) is 46.8 Å². The maximum atomic E-state index is 13.7. The van der Waals surface area contributed by atoms with Crippen LogP contribution >= 0.6 is 15.9 Å². The van der Waals surface area contributed by atoms with Crippen molar-refractivity contribution in [3.63, 3.8) is 0 Å². The van der Waals surface area contributed by atoms with E-state index >= 15 is 0 Å². The molecule has 2 amide bonds. The van der Waals surface area contributed by atoms with Crippen LogP contribution < -0.4 is 10.1 Å². The van der Waals surface area contributed by atoms with Gasteiger partial charge in [0.1, 0.15) is 11.8 Å². The van der Waals surface area contributed by atoms with Gasteiger partial charge in [-0.05, 0) is 55.2 Å². The molecule has 3 aromatic rings. The van der Waals surface area contributed by atoms with Gasteiger partial charge in [0, 0.05) is 23.5 Å². The third-order valence-electron chi connectivity index (χ3n) is 6.60. The van der Waals surface area contributed by atoms with Crippen LogP contribution in [0.15, 0.2) is 83.3 Å². The van der Waals surface area contributed by atoms with E-state index in [0.29, 0.717) is 18.7 Å². The summed E-state index contributed by atoms with van der Waals surface area (Å²) in [4.78, 5) is 29.0. The Morgan fingerprint density at radius 2 is 1.67 bits per heavy atom. The average molecular weight is 550 g/mol. The van der Waals surface area contributed by atoms with E-state index in [1.165, 1.54) is 0 Å². The average Bonchev–Trinajstić information content (AvgIpc) is 3.39. The number of carbonyl (C=O) groups is 2. The lowest BCUT2D eigenvalue weighted by Gasteiger charge is -2.32. The van der Waals surface area contributed by atoms with Crippen LogP contribution in [0.5, 0.6) is 5.75 Å². The molecule has 1 atom stereocenters. The highest BCUT2D eigenvalue weighted by atomic mass is 79.9. The molecule has 188 valence electrons. The summed E-state index contributed by atoms with van der Waals surface area (Å²) in [6.45, 7) is 2.18. The number of ether oxygens (including phenoxy) is 1. The number of nitrogens with one attached hydrogen (secondary N) is 1. The molecular weight excluding hydrogens is 516 g/mol. The van der Waals surface area contributed by atoms with Crippen LogP contribution in [0.4, 0.5) is 0 Å². The molecule has 3 aromatic carbocycles. The number of aryl methyl sites for hydroxylation is 1. The predicted molar refractivity (Wildman–Crippen MR) is 146 cm³/mol. The van der Waals surface area contributed by atoms with Gasteiger partial charge in [0.25, 0.3) is 5.91 Å². The van der Waals surface area contributed by atoms with Crippen molar-refractivity contribution < 1.29 is 14.3 Å². The van der Waals surface area contributed by atoms with Crippen molar-refractivity contribution >= 4 is 27.7 Å². The Balaban J connectivity index is 1.60. The standard InChI is InChI=1S/C30H33BrN2O3/c1-22-14-16-27(17-15-22)36-21-29(34)33(20-24-10-7-11-25(31)18-24)28(19-23-8-3-2-4-9-23)30(35)32-26-12-5-6-13-26/h2-4,7-11,14-18,26,28H,5-6,12-13,19-21H2,1H3,(H,32,35)/t28-/m0/s1. The number of rotatable bonds is 10. The molecule has 0 radical (unpaired) electrons. The van der Waals surface area contributed by atoms with Crippen LogP contribution in [0.3, 0.4) is 0 Å². The Hall–Kier alpha value is -3.12. The number of amides is 2. The summed E-state index contributed by atoms with van der Waals surface area (Å²) in [5.41, 5.74) is 3.08. The summed E-state index contributed by atoms with van der Waals surface area (Å²) in [7, 11) is 0. The SMILES string of the molecule is Cc1ccc(OCC(=O)N(Cc2cccc(Br)c2)[C@@H](Cc2ccccc2)C(=O)NC2CCCC2)cc1. The van der Waals surface area contributed by atoms with Gasteiger partial charge in [0.2, 0.25) is 5.91 Å². The lowest BCUT2D eigenvalue weighted by atomic mass is 10.0. The molecule has 5 nitrogen and oxygen atoms in total. The second-order valence-corrected chi connectivity index (χ2v) is 10.4. The van der Waals surface area contributed by atoms with Crippen molar-refractivity contribution in [1.29, 1.82) is 0 Å².